The van der Waals surface area contributed by atoms with Gasteiger partial charge in [-0.05, 0) is 55.2 Å². The van der Waals surface area contributed by atoms with Gasteiger partial charge >= 0.3 is 0 Å². The van der Waals surface area contributed by atoms with Crippen LogP contribution >= 0.6 is 23.1 Å². The fourth-order valence-corrected chi connectivity index (χ4v) is 2.84. The number of aryl methyl sites for hydroxylation is 1. The molecule has 1 N–H and O–H groups in total. The van der Waals surface area contributed by atoms with Crippen molar-refractivity contribution in [1.29, 1.82) is 0 Å². The van der Waals surface area contributed by atoms with Crippen molar-refractivity contribution in [3.63, 3.8) is 0 Å². The van der Waals surface area contributed by atoms with Crippen molar-refractivity contribution in [3.8, 4) is 0 Å². The third-order valence-corrected chi connectivity index (χ3v) is 4.05. The molecule has 0 amide bonds. The Morgan fingerprint density at radius 1 is 1.47 bits per heavy atom. The van der Waals surface area contributed by atoms with Gasteiger partial charge in [0.25, 0.3) is 0 Å². The van der Waals surface area contributed by atoms with Gasteiger partial charge in [0.2, 0.25) is 0 Å². The van der Waals surface area contributed by atoms with Gasteiger partial charge < -0.3 is 5.32 Å². The molecule has 1 heterocycles. The maximum absolute atomic E-state index is 13.5. The van der Waals surface area contributed by atoms with Crippen molar-refractivity contribution >= 4 is 23.1 Å². The van der Waals surface area contributed by atoms with E-state index in [4.69, 9.17) is 11.6 Å². The van der Waals surface area contributed by atoms with Crippen molar-refractivity contribution in [2.45, 2.75) is 26.3 Å². The van der Waals surface area contributed by atoms with Crippen LogP contribution in [-0.4, -0.2) is 16.1 Å². The average molecular weight is 300 g/mol. The first-order valence-electron chi connectivity index (χ1n) is 6.10. The van der Waals surface area contributed by atoms with Crippen LogP contribution in [0.15, 0.2) is 18.2 Å². The quantitative estimate of drug-likeness (QED) is 0.914. The number of hydrogen-bond donors (Lipinski definition) is 1. The lowest BCUT2D eigenvalue weighted by molar-refractivity contribution is 0.588. The second-order valence-electron chi connectivity index (χ2n) is 4.28. The molecule has 0 fully saturated rings. The van der Waals surface area contributed by atoms with E-state index >= 15 is 0 Å². The summed E-state index contributed by atoms with van der Waals surface area (Å²) in [5, 5.41) is 7.94. The molecule has 1 unspecified atom stereocenters. The Balaban J connectivity index is 2.42. The molecule has 0 saturated heterocycles. The molecule has 3 nitrogen and oxygen atoms in total. The monoisotopic (exact) mass is 299 g/mol. The summed E-state index contributed by atoms with van der Waals surface area (Å²) in [6.07, 6.45) is 0.981. The summed E-state index contributed by atoms with van der Waals surface area (Å²) in [7, 11) is 0. The molecule has 102 valence electrons. The van der Waals surface area contributed by atoms with E-state index < -0.39 is 0 Å². The minimum absolute atomic E-state index is 0.164. The highest BCUT2D eigenvalue weighted by Crippen LogP contribution is 2.31. The zero-order chi connectivity index (χ0) is 13.8. The van der Waals surface area contributed by atoms with E-state index in [0.29, 0.717) is 5.02 Å². The fourth-order valence-electron chi connectivity index (χ4n) is 1.87. The lowest BCUT2D eigenvalue weighted by Crippen LogP contribution is -2.23. The van der Waals surface area contributed by atoms with E-state index in [1.54, 1.807) is 6.07 Å². The molecule has 0 saturated carbocycles. The van der Waals surface area contributed by atoms with E-state index in [0.717, 1.165) is 29.1 Å². The predicted octanol–water partition coefficient (Wildman–Crippen LogP) is 3.73. The van der Waals surface area contributed by atoms with Gasteiger partial charge in [-0.25, -0.2) is 4.39 Å². The minimum atomic E-state index is -0.294. The molecule has 1 atom stereocenters. The highest BCUT2D eigenvalue weighted by atomic mass is 35.5. The van der Waals surface area contributed by atoms with Gasteiger partial charge in [-0.3, -0.25) is 0 Å². The van der Waals surface area contributed by atoms with E-state index in [-0.39, 0.29) is 11.9 Å². The van der Waals surface area contributed by atoms with Gasteiger partial charge in [-0.1, -0.05) is 23.0 Å². The van der Waals surface area contributed by atoms with Gasteiger partial charge in [0.15, 0.2) is 0 Å². The predicted molar refractivity (Wildman–Crippen MR) is 76.2 cm³/mol. The van der Waals surface area contributed by atoms with Gasteiger partial charge in [0, 0.05) is 5.02 Å². The number of nitrogens with zero attached hydrogens (tertiary/aromatic N) is 2. The van der Waals surface area contributed by atoms with E-state index in [1.807, 2.05) is 6.92 Å². The second kappa shape index (κ2) is 6.41. The van der Waals surface area contributed by atoms with Gasteiger partial charge in [0.05, 0.1) is 16.6 Å². The first-order valence-corrected chi connectivity index (χ1v) is 7.25. The number of halogens is 2. The number of benzene rings is 1. The third kappa shape index (κ3) is 3.29. The zero-order valence-electron chi connectivity index (χ0n) is 10.8. The Hall–Kier alpha value is -1.04. The maximum atomic E-state index is 13.5. The fraction of sp³-hybridized carbons (Fsp3) is 0.385. The number of hydrogen-bond acceptors (Lipinski definition) is 4. The lowest BCUT2D eigenvalue weighted by Gasteiger charge is -2.19. The standard InChI is InChI=1S/C13H15ClFN3S/c1-3-6-16-12(13-8(2)17-18-19-13)10-7-9(15)4-5-11(10)14/h4-5,7,12,16H,3,6H2,1-2H3. The van der Waals surface area contributed by atoms with Gasteiger partial charge in [-0.2, -0.15) is 0 Å². The van der Waals surface area contributed by atoms with Crippen molar-refractivity contribution in [2.24, 2.45) is 0 Å². The SMILES string of the molecule is CCCNC(c1cc(F)ccc1Cl)c1snnc1C. The van der Waals surface area contributed by atoms with Crippen LogP contribution in [0, 0.1) is 12.7 Å². The lowest BCUT2D eigenvalue weighted by atomic mass is 10.0. The van der Waals surface area contributed by atoms with Crippen LogP contribution in [0.25, 0.3) is 0 Å². The summed E-state index contributed by atoms with van der Waals surface area (Å²) in [6, 6.07) is 4.24. The molecule has 2 aromatic rings. The van der Waals surface area contributed by atoms with Crippen molar-refractivity contribution in [3.05, 3.63) is 45.2 Å². The Kier molecular flexibility index (Phi) is 4.85. The van der Waals surface area contributed by atoms with E-state index in [9.17, 15) is 4.39 Å². The van der Waals surface area contributed by atoms with Crippen LogP contribution in [0.1, 0.15) is 35.5 Å². The molecule has 6 heteroatoms. The van der Waals surface area contributed by atoms with Crippen molar-refractivity contribution in [1.82, 2.24) is 14.9 Å². The summed E-state index contributed by atoms with van der Waals surface area (Å²) < 4.78 is 17.4. The molecule has 0 spiro atoms. The third-order valence-electron chi connectivity index (χ3n) is 2.82. The smallest absolute Gasteiger partial charge is 0.123 e. The topological polar surface area (TPSA) is 37.8 Å². The molecule has 1 aromatic carbocycles. The number of rotatable bonds is 5. The molecule has 0 aliphatic heterocycles. The van der Waals surface area contributed by atoms with E-state index in [2.05, 4.69) is 21.8 Å². The largest absolute Gasteiger partial charge is 0.305 e. The van der Waals surface area contributed by atoms with Crippen LogP contribution < -0.4 is 5.32 Å². The molecule has 1 aromatic heterocycles. The minimum Gasteiger partial charge on any atom is -0.305 e. The van der Waals surface area contributed by atoms with Crippen LogP contribution in [0.4, 0.5) is 4.39 Å². The molecular formula is C13H15ClFN3S. The second-order valence-corrected chi connectivity index (χ2v) is 5.47. The Morgan fingerprint density at radius 3 is 2.89 bits per heavy atom. The Labute approximate surface area is 121 Å². The molecular weight excluding hydrogens is 285 g/mol. The van der Waals surface area contributed by atoms with Crippen LogP contribution in [0.3, 0.4) is 0 Å². The summed E-state index contributed by atoms with van der Waals surface area (Å²) in [4.78, 5) is 0.973. The molecule has 2 rings (SSSR count). The van der Waals surface area contributed by atoms with Crippen molar-refractivity contribution < 1.29 is 4.39 Å². The summed E-state index contributed by atoms with van der Waals surface area (Å²) >= 11 is 7.51. The number of aromatic nitrogens is 2. The Bertz CT molecular complexity index is 559. The first kappa shape index (κ1) is 14.4. The molecule has 0 aliphatic carbocycles. The zero-order valence-corrected chi connectivity index (χ0v) is 12.4. The van der Waals surface area contributed by atoms with Gasteiger partial charge in [-0.15, -0.1) is 5.10 Å². The van der Waals surface area contributed by atoms with E-state index in [1.165, 1.54) is 23.7 Å². The normalized spacial score (nSPS) is 12.6. The molecule has 0 aliphatic rings. The maximum Gasteiger partial charge on any atom is 0.123 e. The average Bonchev–Trinajstić information content (AvgIpc) is 2.80. The Morgan fingerprint density at radius 2 is 2.26 bits per heavy atom. The van der Waals surface area contributed by atoms with Crippen LogP contribution in [0.2, 0.25) is 5.02 Å². The van der Waals surface area contributed by atoms with Crippen LogP contribution in [-0.2, 0) is 0 Å². The van der Waals surface area contributed by atoms with Gasteiger partial charge in [0.1, 0.15) is 5.82 Å². The summed E-state index contributed by atoms with van der Waals surface area (Å²) in [6.45, 7) is 4.79. The molecule has 0 radical (unpaired) electrons. The number of nitrogens with one attached hydrogen (secondary N) is 1. The first-order chi connectivity index (χ1) is 9.13. The van der Waals surface area contributed by atoms with Crippen molar-refractivity contribution in [2.75, 3.05) is 6.54 Å². The highest BCUT2D eigenvalue weighted by molar-refractivity contribution is 7.05. The summed E-state index contributed by atoms with van der Waals surface area (Å²) in [5.41, 5.74) is 1.57. The molecule has 19 heavy (non-hydrogen) atoms. The summed E-state index contributed by atoms with van der Waals surface area (Å²) in [5.74, 6) is -0.294. The highest BCUT2D eigenvalue weighted by Gasteiger charge is 2.21. The molecule has 0 bridgehead atoms. The van der Waals surface area contributed by atoms with Crippen LogP contribution in [0.5, 0.6) is 0 Å².